The summed E-state index contributed by atoms with van der Waals surface area (Å²) >= 11 is 0. The molecular formula is C14H18N2O3. The minimum absolute atomic E-state index is 0.0806. The van der Waals surface area contributed by atoms with Gasteiger partial charge in [0.25, 0.3) is 0 Å². The first-order valence-corrected chi connectivity index (χ1v) is 5.82. The number of nitrogens with zero attached hydrogens (tertiary/aromatic N) is 1. The molecule has 2 amide bonds. The van der Waals surface area contributed by atoms with Crippen molar-refractivity contribution < 1.29 is 14.7 Å². The van der Waals surface area contributed by atoms with Crippen LogP contribution < -0.4 is 5.32 Å². The summed E-state index contributed by atoms with van der Waals surface area (Å²) in [7, 11) is 1.63. The Morgan fingerprint density at radius 2 is 2.05 bits per heavy atom. The van der Waals surface area contributed by atoms with Crippen LogP contribution in [0.1, 0.15) is 22.8 Å². The molecule has 0 saturated heterocycles. The molecule has 0 aliphatic rings. The fourth-order valence-electron chi connectivity index (χ4n) is 1.69. The predicted octanol–water partition coefficient (Wildman–Crippen LogP) is 2.73. The minimum atomic E-state index is -1.07. The van der Waals surface area contributed by atoms with Crippen molar-refractivity contribution in [1.82, 2.24) is 4.90 Å². The second-order valence-corrected chi connectivity index (χ2v) is 4.55. The normalized spacial score (nSPS) is 9.84. The van der Waals surface area contributed by atoms with E-state index in [1.165, 1.54) is 11.0 Å². The molecule has 0 bridgehead atoms. The maximum absolute atomic E-state index is 12.0. The third kappa shape index (κ3) is 3.84. The number of aryl methyl sites for hydroxylation is 1. The molecule has 1 aromatic rings. The topological polar surface area (TPSA) is 69.6 Å². The number of amides is 2. The zero-order chi connectivity index (χ0) is 14.6. The Balaban J connectivity index is 2.96. The van der Waals surface area contributed by atoms with E-state index in [-0.39, 0.29) is 11.6 Å². The highest BCUT2D eigenvalue weighted by molar-refractivity contribution is 6.00. The molecule has 0 fully saturated rings. The standard InChI is InChI=1S/C14H18N2O3/c1-9(2)8-16(4)14(19)15-12-10(3)6-5-7-11(12)13(17)18/h5-7H,1,8H2,2-4H3,(H,15,19)(H,17,18). The largest absolute Gasteiger partial charge is 0.478 e. The van der Waals surface area contributed by atoms with Gasteiger partial charge in [-0.2, -0.15) is 0 Å². The van der Waals surface area contributed by atoms with Crippen molar-refractivity contribution in [3.63, 3.8) is 0 Å². The van der Waals surface area contributed by atoms with Crippen molar-refractivity contribution in [3.05, 3.63) is 41.5 Å². The third-order valence-electron chi connectivity index (χ3n) is 2.59. The fourth-order valence-corrected chi connectivity index (χ4v) is 1.69. The lowest BCUT2D eigenvalue weighted by molar-refractivity contribution is 0.0698. The highest BCUT2D eigenvalue weighted by atomic mass is 16.4. The van der Waals surface area contributed by atoms with Crippen LogP contribution in [0.4, 0.5) is 10.5 Å². The van der Waals surface area contributed by atoms with Gasteiger partial charge in [-0.3, -0.25) is 0 Å². The first-order chi connectivity index (χ1) is 8.82. The van der Waals surface area contributed by atoms with Crippen LogP contribution >= 0.6 is 0 Å². The molecular weight excluding hydrogens is 244 g/mol. The van der Waals surface area contributed by atoms with Crippen LogP contribution in [0, 0.1) is 6.92 Å². The fraction of sp³-hybridized carbons (Fsp3) is 0.286. The monoisotopic (exact) mass is 262 g/mol. The molecule has 0 saturated carbocycles. The lowest BCUT2D eigenvalue weighted by Gasteiger charge is -2.19. The van der Waals surface area contributed by atoms with Crippen LogP contribution in [-0.2, 0) is 0 Å². The second-order valence-electron chi connectivity index (χ2n) is 4.55. The van der Waals surface area contributed by atoms with E-state index in [1.54, 1.807) is 26.1 Å². The maximum atomic E-state index is 12.0. The first-order valence-electron chi connectivity index (χ1n) is 5.82. The van der Waals surface area contributed by atoms with E-state index >= 15 is 0 Å². The van der Waals surface area contributed by atoms with Gasteiger partial charge in [-0.05, 0) is 25.5 Å². The Kier molecular flexibility index (Phi) is 4.69. The maximum Gasteiger partial charge on any atom is 0.337 e. The SMILES string of the molecule is C=C(C)CN(C)C(=O)Nc1c(C)cccc1C(=O)O. The average Bonchev–Trinajstić information content (AvgIpc) is 2.30. The van der Waals surface area contributed by atoms with E-state index in [4.69, 9.17) is 5.11 Å². The minimum Gasteiger partial charge on any atom is -0.478 e. The number of carbonyl (C=O) groups excluding carboxylic acids is 1. The summed E-state index contributed by atoms with van der Waals surface area (Å²) in [5, 5.41) is 11.7. The molecule has 1 aromatic carbocycles. The molecule has 19 heavy (non-hydrogen) atoms. The summed E-state index contributed by atoms with van der Waals surface area (Å²) in [6.07, 6.45) is 0. The summed E-state index contributed by atoms with van der Waals surface area (Å²) in [5.41, 5.74) is 1.96. The lowest BCUT2D eigenvalue weighted by Crippen LogP contribution is -2.33. The number of anilines is 1. The van der Waals surface area contributed by atoms with Crippen LogP contribution in [0.25, 0.3) is 0 Å². The van der Waals surface area contributed by atoms with E-state index in [0.717, 1.165) is 5.57 Å². The van der Waals surface area contributed by atoms with Crippen LogP contribution in [0.15, 0.2) is 30.4 Å². The molecule has 0 spiro atoms. The molecule has 0 aliphatic carbocycles. The lowest BCUT2D eigenvalue weighted by atomic mass is 10.1. The molecule has 0 aromatic heterocycles. The zero-order valence-electron chi connectivity index (χ0n) is 11.4. The Morgan fingerprint density at radius 3 is 2.58 bits per heavy atom. The summed E-state index contributed by atoms with van der Waals surface area (Å²) in [6, 6.07) is 4.50. The number of para-hydroxylation sites is 1. The van der Waals surface area contributed by atoms with Crippen molar-refractivity contribution in [1.29, 1.82) is 0 Å². The van der Waals surface area contributed by atoms with E-state index in [9.17, 15) is 9.59 Å². The molecule has 1 rings (SSSR count). The van der Waals surface area contributed by atoms with Gasteiger partial charge >= 0.3 is 12.0 Å². The van der Waals surface area contributed by atoms with Gasteiger partial charge in [0.1, 0.15) is 0 Å². The van der Waals surface area contributed by atoms with Crippen molar-refractivity contribution >= 4 is 17.7 Å². The molecule has 0 aliphatic heterocycles. The number of hydrogen-bond donors (Lipinski definition) is 2. The Labute approximate surface area is 112 Å². The van der Waals surface area contributed by atoms with Crippen LogP contribution in [0.3, 0.4) is 0 Å². The number of rotatable bonds is 4. The number of benzene rings is 1. The summed E-state index contributed by atoms with van der Waals surface area (Å²) in [6.45, 7) is 7.72. The first kappa shape index (κ1) is 14.8. The number of carbonyl (C=O) groups is 2. The summed E-state index contributed by atoms with van der Waals surface area (Å²) < 4.78 is 0. The molecule has 0 atom stereocenters. The summed E-state index contributed by atoms with van der Waals surface area (Å²) in [4.78, 5) is 24.5. The molecule has 102 valence electrons. The Bertz CT molecular complexity index is 523. The van der Waals surface area contributed by atoms with Gasteiger partial charge < -0.3 is 15.3 Å². The van der Waals surface area contributed by atoms with E-state index < -0.39 is 5.97 Å². The van der Waals surface area contributed by atoms with Crippen molar-refractivity contribution in [2.75, 3.05) is 18.9 Å². The van der Waals surface area contributed by atoms with Crippen LogP contribution in [0.2, 0.25) is 0 Å². The van der Waals surface area contributed by atoms with Crippen LogP contribution in [0.5, 0.6) is 0 Å². The third-order valence-corrected chi connectivity index (χ3v) is 2.59. The number of likely N-dealkylation sites (N-methyl/N-ethyl adjacent to an activating group) is 1. The molecule has 2 N–H and O–H groups in total. The van der Waals surface area contributed by atoms with Crippen molar-refractivity contribution in [2.24, 2.45) is 0 Å². The number of nitrogens with one attached hydrogen (secondary N) is 1. The smallest absolute Gasteiger partial charge is 0.337 e. The van der Waals surface area contributed by atoms with Crippen LogP contribution in [-0.4, -0.2) is 35.6 Å². The predicted molar refractivity (Wildman–Crippen MR) is 74.6 cm³/mol. The van der Waals surface area contributed by atoms with E-state index in [1.807, 2.05) is 6.92 Å². The van der Waals surface area contributed by atoms with Crippen molar-refractivity contribution in [2.45, 2.75) is 13.8 Å². The van der Waals surface area contributed by atoms with Crippen molar-refractivity contribution in [3.8, 4) is 0 Å². The van der Waals surface area contributed by atoms with Gasteiger partial charge in [-0.25, -0.2) is 9.59 Å². The molecule has 0 heterocycles. The Morgan fingerprint density at radius 1 is 1.42 bits per heavy atom. The number of aromatic carboxylic acids is 1. The van der Waals surface area contributed by atoms with E-state index in [2.05, 4.69) is 11.9 Å². The second kappa shape index (κ2) is 6.04. The average molecular weight is 262 g/mol. The van der Waals surface area contributed by atoms with Gasteiger partial charge in [0.05, 0.1) is 11.3 Å². The molecule has 5 heteroatoms. The van der Waals surface area contributed by atoms with E-state index in [0.29, 0.717) is 17.8 Å². The van der Waals surface area contributed by atoms with Gasteiger partial charge in [-0.1, -0.05) is 24.3 Å². The number of hydrogen-bond acceptors (Lipinski definition) is 2. The molecule has 0 radical (unpaired) electrons. The molecule has 0 unspecified atom stereocenters. The quantitative estimate of drug-likeness (QED) is 0.820. The Hall–Kier alpha value is -2.30. The number of urea groups is 1. The number of carboxylic acids is 1. The van der Waals surface area contributed by atoms with Gasteiger partial charge in [-0.15, -0.1) is 0 Å². The number of carboxylic acid groups (broad SMARTS) is 1. The highest BCUT2D eigenvalue weighted by Gasteiger charge is 2.16. The highest BCUT2D eigenvalue weighted by Crippen LogP contribution is 2.21. The van der Waals surface area contributed by atoms with Gasteiger partial charge in [0, 0.05) is 13.6 Å². The zero-order valence-corrected chi connectivity index (χ0v) is 11.4. The summed E-state index contributed by atoms with van der Waals surface area (Å²) in [5.74, 6) is -1.07. The van der Waals surface area contributed by atoms with Gasteiger partial charge in [0.2, 0.25) is 0 Å². The molecule has 5 nitrogen and oxygen atoms in total. The van der Waals surface area contributed by atoms with Gasteiger partial charge in [0.15, 0.2) is 0 Å².